The number of halogens is 1. The molecule has 0 spiro atoms. The zero-order valence-corrected chi connectivity index (χ0v) is 22.1. The van der Waals surface area contributed by atoms with Crippen molar-refractivity contribution in [2.75, 3.05) is 0 Å². The number of hydrogen-bond donors (Lipinski definition) is 0. The minimum Gasteiger partial charge on any atom is -0.308 e. The van der Waals surface area contributed by atoms with Gasteiger partial charge in [-0.1, -0.05) is 55.5 Å². The molecule has 2 aromatic heterocycles. The second-order valence-electron chi connectivity index (χ2n) is 11.1. The van der Waals surface area contributed by atoms with Gasteiger partial charge in [0.15, 0.2) is 11.6 Å². The van der Waals surface area contributed by atoms with E-state index < -0.39 is 5.41 Å². The number of Topliss-reactive ketones (excluding diaryl/α,β-unsaturated/α-hetero) is 1. The first-order valence-corrected chi connectivity index (χ1v) is 13.8. The minimum atomic E-state index is -0.827. The van der Waals surface area contributed by atoms with Crippen molar-refractivity contribution >= 4 is 5.78 Å². The first-order valence-electron chi connectivity index (χ1n) is 13.8. The van der Waals surface area contributed by atoms with Crippen molar-refractivity contribution in [1.29, 1.82) is 0 Å². The van der Waals surface area contributed by atoms with E-state index in [4.69, 9.17) is 16.5 Å². The molecule has 3 aliphatic rings. The number of ketones is 1. The third kappa shape index (κ3) is 3.72. The lowest BCUT2D eigenvalue weighted by Gasteiger charge is -2.48. The third-order valence-electron chi connectivity index (χ3n) is 8.86. The van der Waals surface area contributed by atoms with E-state index in [0.29, 0.717) is 35.8 Å². The Balaban J connectivity index is 1.58. The van der Waals surface area contributed by atoms with Crippen molar-refractivity contribution in [3.8, 4) is 22.6 Å². The van der Waals surface area contributed by atoms with Crippen LogP contribution in [0.1, 0.15) is 54.6 Å². The van der Waals surface area contributed by atoms with Crippen molar-refractivity contribution in [2.24, 2.45) is 11.8 Å². The average Bonchev–Trinajstić information content (AvgIpc) is 3.85. The molecule has 196 valence electrons. The van der Waals surface area contributed by atoms with Gasteiger partial charge in [0.1, 0.15) is 5.82 Å². The number of fused-ring (bicyclic) bond motifs is 3. The van der Waals surface area contributed by atoms with Crippen LogP contribution in [0.5, 0.6) is 0 Å². The van der Waals surface area contributed by atoms with Gasteiger partial charge in [0.25, 0.3) is 0 Å². The summed E-state index contributed by atoms with van der Waals surface area (Å²) in [5.41, 5.74) is 4.74. The predicted octanol–water partition coefficient (Wildman–Crippen LogP) is 7.09. The van der Waals surface area contributed by atoms with Crippen LogP contribution in [0.15, 0.2) is 84.7 Å². The van der Waals surface area contributed by atoms with Crippen LogP contribution < -0.4 is 0 Å². The molecule has 3 atom stereocenters. The molecule has 0 aliphatic heterocycles. The molecule has 5 nitrogen and oxygen atoms in total. The molecule has 2 aromatic carbocycles. The Morgan fingerprint density at radius 1 is 1.00 bits per heavy atom. The van der Waals surface area contributed by atoms with E-state index in [1.165, 1.54) is 6.07 Å². The molecule has 0 radical (unpaired) electrons. The quantitative estimate of drug-likeness (QED) is 0.266. The number of carbonyl (C=O) groups excluding carboxylic acids is 1. The van der Waals surface area contributed by atoms with Crippen LogP contribution in [0, 0.1) is 24.2 Å². The molecule has 0 unspecified atom stereocenters. The van der Waals surface area contributed by atoms with Crippen molar-refractivity contribution < 1.29 is 9.18 Å². The predicted molar refractivity (Wildman–Crippen MR) is 151 cm³/mol. The number of pyridine rings is 1. The monoisotopic (exact) mass is 526 g/mol. The van der Waals surface area contributed by atoms with Crippen LogP contribution in [-0.2, 0) is 16.6 Å². The lowest BCUT2D eigenvalue weighted by atomic mass is 9.55. The van der Waals surface area contributed by atoms with Crippen LogP contribution in [0.3, 0.4) is 0 Å². The second-order valence-corrected chi connectivity index (χ2v) is 11.1. The van der Waals surface area contributed by atoms with Gasteiger partial charge in [-0.3, -0.25) is 4.98 Å². The molecular weight excluding hydrogens is 499 g/mol. The van der Waals surface area contributed by atoms with Crippen molar-refractivity contribution in [2.45, 2.75) is 43.9 Å². The van der Waals surface area contributed by atoms with Crippen molar-refractivity contribution in [3.05, 3.63) is 124 Å². The Kier molecular flexibility index (Phi) is 5.71. The van der Waals surface area contributed by atoms with Gasteiger partial charge in [0.05, 0.1) is 23.4 Å². The summed E-state index contributed by atoms with van der Waals surface area (Å²) in [7, 11) is 0. The Morgan fingerprint density at radius 3 is 2.52 bits per heavy atom. The standard InChI is InChI=1S/C34H27FN4O/c1-20-26-15-14-25-30(24-10-6-7-11-27(24)35)38-33(22-16-17-37-28(18-22)21-12-13-21)39-32(25)34(26,19-29(36-2)31(20)40)23-8-4-3-5-9-23/h3-11,16-21,26H,12-15H2,1H3/t20-,26-,34+/m1/s1. The Hall–Kier alpha value is -4.50. The molecule has 0 N–H and O–H groups in total. The van der Waals surface area contributed by atoms with Gasteiger partial charge >= 0.3 is 0 Å². The van der Waals surface area contributed by atoms with E-state index in [2.05, 4.69) is 9.83 Å². The SMILES string of the molecule is [C-]#[N+]C1=C[C@@]2(c3ccccc3)c3nc(-c4ccnc(C5CC5)c4)nc(-c4ccccc4F)c3CC[C@@H]2[C@@H](C)C1=O. The Labute approximate surface area is 232 Å². The van der Waals surface area contributed by atoms with Crippen LogP contribution in [0.4, 0.5) is 4.39 Å². The zero-order chi connectivity index (χ0) is 27.4. The highest BCUT2D eigenvalue weighted by Crippen LogP contribution is 2.54. The molecule has 0 saturated heterocycles. The summed E-state index contributed by atoms with van der Waals surface area (Å²) in [4.78, 5) is 31.8. The van der Waals surface area contributed by atoms with Gasteiger partial charge in [-0.2, -0.15) is 0 Å². The highest BCUT2D eigenvalue weighted by molar-refractivity contribution is 6.00. The van der Waals surface area contributed by atoms with E-state index in [9.17, 15) is 4.79 Å². The molecule has 0 bridgehead atoms. The number of allylic oxidation sites excluding steroid dienone is 2. The van der Waals surface area contributed by atoms with Crippen LogP contribution in [0.2, 0.25) is 0 Å². The lowest BCUT2D eigenvalue weighted by Crippen LogP contribution is -2.48. The molecule has 3 aliphatic carbocycles. The van der Waals surface area contributed by atoms with Gasteiger partial charge in [-0.05, 0) is 61.4 Å². The van der Waals surface area contributed by atoms with Crippen LogP contribution in [0.25, 0.3) is 27.5 Å². The average molecular weight is 527 g/mol. The van der Waals surface area contributed by atoms with E-state index in [-0.39, 0.29) is 29.1 Å². The van der Waals surface area contributed by atoms with Crippen molar-refractivity contribution in [1.82, 2.24) is 15.0 Å². The number of aromatic nitrogens is 3. The smallest absolute Gasteiger partial charge is 0.226 e. The van der Waals surface area contributed by atoms with Gasteiger partial charge in [0.2, 0.25) is 5.70 Å². The van der Waals surface area contributed by atoms with Gasteiger partial charge in [-0.15, -0.1) is 0 Å². The molecule has 6 heteroatoms. The van der Waals surface area contributed by atoms with Crippen molar-refractivity contribution in [3.63, 3.8) is 0 Å². The number of nitrogens with zero attached hydrogens (tertiary/aromatic N) is 4. The fourth-order valence-corrected chi connectivity index (χ4v) is 6.72. The first-order chi connectivity index (χ1) is 19.5. The van der Waals surface area contributed by atoms with Gasteiger partial charge in [0, 0.05) is 40.4 Å². The Morgan fingerprint density at radius 2 is 1.77 bits per heavy atom. The molecule has 0 amide bonds. The fourth-order valence-electron chi connectivity index (χ4n) is 6.72. The largest absolute Gasteiger partial charge is 0.308 e. The highest BCUT2D eigenvalue weighted by Gasteiger charge is 2.53. The summed E-state index contributed by atoms with van der Waals surface area (Å²) in [6.45, 7) is 9.78. The van der Waals surface area contributed by atoms with Crippen LogP contribution in [-0.4, -0.2) is 20.7 Å². The number of hydrogen-bond acceptors (Lipinski definition) is 4. The summed E-state index contributed by atoms with van der Waals surface area (Å²) >= 11 is 0. The van der Waals surface area contributed by atoms with Gasteiger partial charge < -0.3 is 4.79 Å². The molecule has 40 heavy (non-hydrogen) atoms. The summed E-state index contributed by atoms with van der Waals surface area (Å²) in [6, 6.07) is 20.7. The first kappa shape index (κ1) is 24.5. The number of rotatable bonds is 4. The topological polar surface area (TPSA) is 60.1 Å². The zero-order valence-electron chi connectivity index (χ0n) is 22.1. The lowest BCUT2D eigenvalue weighted by molar-refractivity contribution is -0.121. The summed E-state index contributed by atoms with van der Waals surface area (Å²) in [6.07, 6.45) is 7.18. The van der Waals surface area contributed by atoms with E-state index in [1.54, 1.807) is 18.3 Å². The maximum Gasteiger partial charge on any atom is 0.226 e. The highest BCUT2D eigenvalue weighted by atomic mass is 19.1. The molecule has 1 fully saturated rings. The minimum absolute atomic E-state index is 0.101. The maximum atomic E-state index is 15.4. The summed E-state index contributed by atoms with van der Waals surface area (Å²) in [5, 5.41) is 0. The molecular formula is C34H27FN4O. The van der Waals surface area contributed by atoms with Gasteiger partial charge in [-0.25, -0.2) is 19.2 Å². The van der Waals surface area contributed by atoms with E-state index >= 15 is 4.39 Å². The number of carbonyl (C=O) groups is 1. The van der Waals surface area contributed by atoms with E-state index in [1.807, 2.05) is 61.5 Å². The Bertz CT molecular complexity index is 1740. The molecule has 1 saturated carbocycles. The maximum absolute atomic E-state index is 15.4. The molecule has 2 heterocycles. The molecule has 7 rings (SSSR count). The summed E-state index contributed by atoms with van der Waals surface area (Å²) < 4.78 is 15.4. The fraction of sp³-hybridized carbons (Fsp3) is 0.265. The second kappa shape index (κ2) is 9.31. The number of benzene rings is 2. The molecule has 4 aromatic rings. The van der Waals surface area contributed by atoms with Crippen LogP contribution >= 0.6 is 0 Å². The normalized spacial score (nSPS) is 23.5. The van der Waals surface area contributed by atoms with E-state index in [0.717, 1.165) is 40.9 Å². The summed E-state index contributed by atoms with van der Waals surface area (Å²) in [5.74, 6) is 0.0268. The third-order valence-corrected chi connectivity index (χ3v) is 8.86.